The highest BCUT2D eigenvalue weighted by molar-refractivity contribution is 6.34. The Balaban J connectivity index is 1.67. The summed E-state index contributed by atoms with van der Waals surface area (Å²) in [6.45, 7) is 4.01. The van der Waals surface area contributed by atoms with Gasteiger partial charge in [-0.1, -0.05) is 25.5 Å². The van der Waals surface area contributed by atoms with Crippen molar-refractivity contribution in [3.05, 3.63) is 59.7 Å². The van der Waals surface area contributed by atoms with Crippen molar-refractivity contribution in [1.82, 2.24) is 0 Å². The van der Waals surface area contributed by atoms with Crippen molar-refractivity contribution in [2.75, 3.05) is 11.5 Å². The monoisotopic (exact) mass is 367 g/mol. The standard InChI is InChI=1S/C21H21NO5/c1-3-4-13-26-21(25)14(2)27-16-11-9-15(10-12-16)22-19(23)17-7-5-6-8-18(17)20(22)24/h5-12,14H,3-4,13H2,1-2H3/t14-/m0/s1. The second kappa shape index (κ2) is 8.03. The van der Waals surface area contributed by atoms with Gasteiger partial charge in [0.2, 0.25) is 0 Å². The topological polar surface area (TPSA) is 72.9 Å². The van der Waals surface area contributed by atoms with Gasteiger partial charge in [0.1, 0.15) is 5.75 Å². The Morgan fingerprint density at radius 1 is 1.00 bits per heavy atom. The summed E-state index contributed by atoms with van der Waals surface area (Å²) in [7, 11) is 0. The number of ether oxygens (including phenoxy) is 2. The fourth-order valence-corrected chi connectivity index (χ4v) is 2.78. The van der Waals surface area contributed by atoms with E-state index in [1.54, 1.807) is 55.5 Å². The molecule has 6 nitrogen and oxygen atoms in total. The van der Waals surface area contributed by atoms with Crippen LogP contribution in [0.1, 0.15) is 47.4 Å². The van der Waals surface area contributed by atoms with Gasteiger partial charge in [-0.2, -0.15) is 0 Å². The highest BCUT2D eigenvalue weighted by atomic mass is 16.6. The zero-order valence-electron chi connectivity index (χ0n) is 15.3. The van der Waals surface area contributed by atoms with Gasteiger partial charge in [0.05, 0.1) is 23.4 Å². The molecule has 2 amide bonds. The van der Waals surface area contributed by atoms with E-state index in [4.69, 9.17) is 9.47 Å². The maximum Gasteiger partial charge on any atom is 0.347 e. The minimum absolute atomic E-state index is 0.350. The Morgan fingerprint density at radius 2 is 1.59 bits per heavy atom. The highest BCUT2D eigenvalue weighted by Gasteiger charge is 2.36. The lowest BCUT2D eigenvalue weighted by Crippen LogP contribution is -2.29. The predicted octanol–water partition coefficient (Wildman–Crippen LogP) is 3.60. The summed E-state index contributed by atoms with van der Waals surface area (Å²) in [5.41, 5.74) is 1.24. The lowest BCUT2D eigenvalue weighted by Gasteiger charge is -2.16. The molecule has 0 bridgehead atoms. The summed E-state index contributed by atoms with van der Waals surface area (Å²) >= 11 is 0. The molecule has 6 heteroatoms. The molecule has 140 valence electrons. The van der Waals surface area contributed by atoms with Crippen molar-refractivity contribution in [1.29, 1.82) is 0 Å². The molecule has 0 unspecified atom stereocenters. The lowest BCUT2D eigenvalue weighted by atomic mass is 10.1. The molecule has 0 fully saturated rings. The molecule has 2 aromatic rings. The minimum atomic E-state index is -0.744. The molecule has 0 saturated heterocycles. The van der Waals surface area contributed by atoms with Crippen LogP contribution in [0.25, 0.3) is 0 Å². The average molecular weight is 367 g/mol. The van der Waals surface area contributed by atoms with Crippen molar-refractivity contribution in [2.24, 2.45) is 0 Å². The zero-order valence-corrected chi connectivity index (χ0v) is 15.3. The van der Waals surface area contributed by atoms with Crippen LogP contribution in [-0.4, -0.2) is 30.5 Å². The number of esters is 1. The van der Waals surface area contributed by atoms with Gasteiger partial charge < -0.3 is 9.47 Å². The molecule has 27 heavy (non-hydrogen) atoms. The van der Waals surface area contributed by atoms with Crippen LogP contribution in [0, 0.1) is 0 Å². The highest BCUT2D eigenvalue weighted by Crippen LogP contribution is 2.29. The van der Waals surface area contributed by atoms with Gasteiger partial charge in [-0.15, -0.1) is 0 Å². The fourth-order valence-electron chi connectivity index (χ4n) is 2.78. The van der Waals surface area contributed by atoms with Gasteiger partial charge >= 0.3 is 5.97 Å². The summed E-state index contributed by atoms with van der Waals surface area (Å²) in [5, 5.41) is 0. The molecule has 0 saturated carbocycles. The number of imide groups is 1. The number of hydrogen-bond donors (Lipinski definition) is 0. The summed E-state index contributed by atoms with van der Waals surface area (Å²) < 4.78 is 10.7. The predicted molar refractivity (Wildman–Crippen MR) is 100.0 cm³/mol. The van der Waals surface area contributed by atoms with E-state index in [0.29, 0.717) is 29.2 Å². The van der Waals surface area contributed by atoms with Crippen molar-refractivity contribution >= 4 is 23.5 Å². The lowest BCUT2D eigenvalue weighted by molar-refractivity contribution is -0.151. The Bertz CT molecular complexity index is 824. The van der Waals surface area contributed by atoms with E-state index in [1.807, 2.05) is 6.92 Å². The second-order valence-corrected chi connectivity index (χ2v) is 6.27. The number of fused-ring (bicyclic) bond motifs is 1. The molecule has 1 atom stereocenters. The maximum atomic E-state index is 12.5. The molecule has 3 rings (SSSR count). The Hall–Kier alpha value is -3.15. The average Bonchev–Trinajstić information content (AvgIpc) is 2.93. The van der Waals surface area contributed by atoms with E-state index in [2.05, 4.69) is 0 Å². The van der Waals surface area contributed by atoms with Crippen LogP contribution in [0.15, 0.2) is 48.5 Å². The van der Waals surface area contributed by atoms with Crippen LogP contribution in [-0.2, 0) is 9.53 Å². The largest absolute Gasteiger partial charge is 0.479 e. The number of hydrogen-bond acceptors (Lipinski definition) is 5. The first-order valence-corrected chi connectivity index (χ1v) is 8.94. The zero-order chi connectivity index (χ0) is 19.4. The van der Waals surface area contributed by atoms with Crippen LogP contribution in [0.4, 0.5) is 5.69 Å². The minimum Gasteiger partial charge on any atom is -0.479 e. The van der Waals surface area contributed by atoms with Crippen molar-refractivity contribution in [3.63, 3.8) is 0 Å². The third kappa shape index (κ3) is 3.84. The van der Waals surface area contributed by atoms with E-state index in [0.717, 1.165) is 17.7 Å². The van der Waals surface area contributed by atoms with E-state index >= 15 is 0 Å². The van der Waals surface area contributed by atoms with Gasteiger partial charge in [-0.25, -0.2) is 9.69 Å². The number of carbonyl (C=O) groups excluding carboxylic acids is 3. The maximum absolute atomic E-state index is 12.5. The molecule has 0 N–H and O–H groups in total. The number of rotatable bonds is 7. The Morgan fingerprint density at radius 3 is 2.15 bits per heavy atom. The molecular formula is C21H21NO5. The quantitative estimate of drug-likeness (QED) is 0.425. The van der Waals surface area contributed by atoms with Crippen LogP contribution in [0.2, 0.25) is 0 Å². The van der Waals surface area contributed by atoms with E-state index < -0.39 is 12.1 Å². The summed E-state index contributed by atoms with van der Waals surface area (Å²) in [4.78, 5) is 38.0. The molecule has 0 radical (unpaired) electrons. The molecule has 1 aliphatic rings. The van der Waals surface area contributed by atoms with E-state index in [-0.39, 0.29) is 11.8 Å². The van der Waals surface area contributed by atoms with Crippen LogP contribution < -0.4 is 9.64 Å². The first-order chi connectivity index (χ1) is 13.0. The summed E-state index contributed by atoms with van der Waals surface area (Å²) in [5.74, 6) is -0.669. The second-order valence-electron chi connectivity index (χ2n) is 6.27. The van der Waals surface area contributed by atoms with Crippen molar-refractivity contribution < 1.29 is 23.9 Å². The number of unbranched alkanes of at least 4 members (excludes halogenated alkanes) is 1. The summed E-state index contributed by atoms with van der Waals surface area (Å²) in [6, 6.07) is 13.2. The van der Waals surface area contributed by atoms with E-state index in [9.17, 15) is 14.4 Å². The first kappa shape index (κ1) is 18.6. The molecule has 0 spiro atoms. The SMILES string of the molecule is CCCCOC(=O)[C@H](C)Oc1ccc(N2C(=O)c3ccccc3C2=O)cc1. The van der Waals surface area contributed by atoms with Crippen LogP contribution >= 0.6 is 0 Å². The van der Waals surface area contributed by atoms with Crippen molar-refractivity contribution in [3.8, 4) is 5.75 Å². The van der Waals surface area contributed by atoms with Gasteiger partial charge in [-0.3, -0.25) is 9.59 Å². The van der Waals surface area contributed by atoms with Gasteiger partial charge in [0, 0.05) is 0 Å². The van der Waals surface area contributed by atoms with Crippen LogP contribution in [0.5, 0.6) is 5.75 Å². The van der Waals surface area contributed by atoms with Gasteiger partial charge in [0.25, 0.3) is 11.8 Å². The molecule has 1 heterocycles. The Kier molecular flexibility index (Phi) is 5.54. The molecule has 0 aliphatic carbocycles. The number of anilines is 1. The van der Waals surface area contributed by atoms with Gasteiger partial charge in [-0.05, 0) is 49.7 Å². The first-order valence-electron chi connectivity index (χ1n) is 8.94. The number of amides is 2. The van der Waals surface area contributed by atoms with E-state index in [1.165, 1.54) is 0 Å². The van der Waals surface area contributed by atoms with Gasteiger partial charge in [0.15, 0.2) is 6.10 Å². The van der Waals surface area contributed by atoms with Crippen LogP contribution in [0.3, 0.4) is 0 Å². The third-order valence-corrected chi connectivity index (χ3v) is 4.28. The fraction of sp³-hybridized carbons (Fsp3) is 0.286. The normalized spacial score (nSPS) is 14.1. The third-order valence-electron chi connectivity index (χ3n) is 4.28. The van der Waals surface area contributed by atoms with Crippen molar-refractivity contribution in [2.45, 2.75) is 32.8 Å². The molecule has 0 aromatic heterocycles. The number of nitrogens with zero attached hydrogens (tertiary/aromatic N) is 1. The Labute approximate surface area is 157 Å². The molecule has 2 aromatic carbocycles. The molecular weight excluding hydrogens is 346 g/mol. The number of carbonyl (C=O) groups is 3. The number of benzene rings is 2. The summed E-state index contributed by atoms with van der Waals surface area (Å²) in [6.07, 6.45) is 1.02. The molecule has 1 aliphatic heterocycles. The smallest absolute Gasteiger partial charge is 0.347 e.